The molecule has 0 atom stereocenters. The zero-order chi connectivity index (χ0) is 16.8. The topological polar surface area (TPSA) is 91.5 Å². The molecule has 2 rings (SSSR count). The molecule has 0 aliphatic heterocycles. The number of nitrogens with one attached hydrogen (secondary N) is 2. The minimum Gasteiger partial charge on any atom is -0.497 e. The Morgan fingerprint density at radius 1 is 1.35 bits per heavy atom. The van der Waals surface area contributed by atoms with Crippen molar-refractivity contribution in [2.75, 3.05) is 34.3 Å². The average Bonchev–Trinajstić information content (AvgIpc) is 2.93. The second kappa shape index (κ2) is 7.59. The maximum atomic E-state index is 12.2. The van der Waals surface area contributed by atoms with Crippen molar-refractivity contribution in [3.8, 4) is 11.4 Å². The van der Waals surface area contributed by atoms with E-state index in [1.54, 1.807) is 31.4 Å². The first-order valence-corrected chi connectivity index (χ1v) is 7.24. The third kappa shape index (κ3) is 4.19. The average molecular weight is 321 g/mol. The maximum absolute atomic E-state index is 12.2. The van der Waals surface area contributed by atoms with Gasteiger partial charge in [0, 0.05) is 18.7 Å². The summed E-state index contributed by atoms with van der Waals surface area (Å²) in [5.74, 6) is 0.199. The molecular formula is C15H21N4O4+. The monoisotopic (exact) mass is 321 g/mol. The van der Waals surface area contributed by atoms with Crippen molar-refractivity contribution in [2.24, 2.45) is 0 Å². The molecule has 0 saturated carbocycles. The lowest BCUT2D eigenvalue weighted by Gasteiger charge is -2.08. The zero-order valence-corrected chi connectivity index (χ0v) is 13.5. The number of hydrogen-bond acceptors (Lipinski definition) is 5. The Balaban J connectivity index is 2.14. The van der Waals surface area contributed by atoms with E-state index in [-0.39, 0.29) is 5.69 Å². The summed E-state index contributed by atoms with van der Waals surface area (Å²) in [4.78, 5) is 26.1. The quantitative estimate of drug-likeness (QED) is 0.550. The lowest BCUT2D eigenvalue weighted by atomic mass is 10.3. The van der Waals surface area contributed by atoms with Gasteiger partial charge in [-0.2, -0.15) is 0 Å². The first-order chi connectivity index (χ1) is 11.0. The number of aromatic amines is 1. The van der Waals surface area contributed by atoms with Crippen molar-refractivity contribution >= 4 is 5.91 Å². The van der Waals surface area contributed by atoms with Gasteiger partial charge in [-0.15, -0.1) is 0 Å². The number of carbonyl (C=O) groups excluding carboxylic acids is 1. The van der Waals surface area contributed by atoms with Gasteiger partial charge in [0.1, 0.15) is 5.75 Å². The van der Waals surface area contributed by atoms with E-state index in [0.717, 1.165) is 13.0 Å². The molecule has 1 heterocycles. The Bertz CT molecular complexity index is 703. The van der Waals surface area contributed by atoms with E-state index in [1.165, 1.54) is 4.68 Å². The Morgan fingerprint density at radius 2 is 2.04 bits per heavy atom. The highest BCUT2D eigenvalue weighted by Crippen LogP contribution is 2.10. The van der Waals surface area contributed by atoms with E-state index in [2.05, 4.69) is 10.6 Å². The molecule has 1 amide bonds. The zero-order valence-electron chi connectivity index (χ0n) is 13.5. The lowest BCUT2D eigenvalue weighted by molar-refractivity contribution is -0.672. The van der Waals surface area contributed by atoms with Crippen molar-refractivity contribution < 1.29 is 18.7 Å². The van der Waals surface area contributed by atoms with Gasteiger partial charge in [-0.25, -0.2) is 4.79 Å². The fraction of sp³-hybridized carbons (Fsp3) is 0.400. The molecule has 8 heteroatoms. The second-order valence-corrected chi connectivity index (χ2v) is 5.28. The van der Waals surface area contributed by atoms with E-state index >= 15 is 0 Å². The van der Waals surface area contributed by atoms with E-state index in [1.807, 2.05) is 19.0 Å². The fourth-order valence-electron chi connectivity index (χ4n) is 2.06. The number of aromatic nitrogens is 2. The number of benzene rings is 1. The highest BCUT2D eigenvalue weighted by atomic mass is 16.5. The third-order valence-electron chi connectivity index (χ3n) is 3.26. The summed E-state index contributed by atoms with van der Waals surface area (Å²) in [5.41, 5.74) is -0.221. The summed E-state index contributed by atoms with van der Waals surface area (Å²) >= 11 is 0. The Hall–Kier alpha value is -2.61. The van der Waals surface area contributed by atoms with Crippen molar-refractivity contribution in [1.29, 1.82) is 0 Å². The van der Waals surface area contributed by atoms with Crippen LogP contribution in [0.4, 0.5) is 0 Å². The van der Waals surface area contributed by atoms with Gasteiger partial charge in [0.05, 0.1) is 7.11 Å². The molecule has 0 aliphatic rings. The highest BCUT2D eigenvalue weighted by Gasteiger charge is 2.30. The molecule has 1 aromatic heterocycles. The molecular weight excluding hydrogens is 300 g/mol. The Kier molecular flexibility index (Phi) is 5.53. The van der Waals surface area contributed by atoms with Crippen LogP contribution in [0.25, 0.3) is 5.69 Å². The molecule has 1 aromatic carbocycles. The van der Waals surface area contributed by atoms with E-state index < -0.39 is 11.5 Å². The first-order valence-electron chi connectivity index (χ1n) is 7.24. The van der Waals surface area contributed by atoms with E-state index in [9.17, 15) is 9.59 Å². The highest BCUT2D eigenvalue weighted by molar-refractivity contribution is 5.90. The summed E-state index contributed by atoms with van der Waals surface area (Å²) in [5, 5.41) is 5.16. The van der Waals surface area contributed by atoms with Gasteiger partial charge >= 0.3 is 17.2 Å². The predicted octanol–water partition coefficient (Wildman–Crippen LogP) is -0.0653. The van der Waals surface area contributed by atoms with Crippen molar-refractivity contribution in [3.05, 3.63) is 40.4 Å². The van der Waals surface area contributed by atoms with Gasteiger partial charge < -0.3 is 15.0 Å². The van der Waals surface area contributed by atoms with Crippen LogP contribution in [0.1, 0.15) is 16.9 Å². The normalized spacial score (nSPS) is 10.8. The Labute approximate surface area is 133 Å². The summed E-state index contributed by atoms with van der Waals surface area (Å²) < 4.78 is 11.1. The fourth-order valence-corrected chi connectivity index (χ4v) is 2.06. The second-order valence-electron chi connectivity index (χ2n) is 5.28. The number of carbonyl (C=O) groups is 1. The van der Waals surface area contributed by atoms with Gasteiger partial charge in [0.15, 0.2) is 0 Å². The van der Waals surface area contributed by atoms with E-state index in [4.69, 9.17) is 9.26 Å². The van der Waals surface area contributed by atoms with Crippen molar-refractivity contribution in [3.63, 3.8) is 0 Å². The minimum atomic E-state index is -0.717. The number of H-pyrrole nitrogens is 1. The van der Waals surface area contributed by atoms with Crippen molar-refractivity contribution in [1.82, 2.24) is 15.5 Å². The minimum absolute atomic E-state index is 0.0972. The van der Waals surface area contributed by atoms with Gasteiger partial charge in [-0.1, -0.05) is 0 Å². The molecule has 0 unspecified atom stereocenters. The number of methoxy groups -OCH3 is 1. The molecule has 23 heavy (non-hydrogen) atoms. The molecule has 0 saturated heterocycles. The van der Waals surface area contributed by atoms with Gasteiger partial charge in [0.2, 0.25) is 5.69 Å². The summed E-state index contributed by atoms with van der Waals surface area (Å²) in [6, 6.07) is 6.89. The van der Waals surface area contributed by atoms with E-state index in [0.29, 0.717) is 18.0 Å². The SMILES string of the molecule is COc1ccc(-[n+]2[nH]oc(=O)c2C(=O)NCCCN(C)C)cc1. The van der Waals surface area contributed by atoms with Crippen LogP contribution in [-0.2, 0) is 0 Å². The molecule has 124 valence electrons. The van der Waals surface area contributed by atoms with Crippen LogP contribution >= 0.6 is 0 Å². The molecule has 0 radical (unpaired) electrons. The van der Waals surface area contributed by atoms with Crippen LogP contribution in [0.3, 0.4) is 0 Å². The van der Waals surface area contributed by atoms with Crippen molar-refractivity contribution in [2.45, 2.75) is 6.42 Å². The molecule has 0 aliphatic carbocycles. The Morgan fingerprint density at radius 3 is 2.65 bits per heavy atom. The van der Waals surface area contributed by atoms with Crippen LogP contribution in [0.15, 0.2) is 33.6 Å². The standard InChI is InChI=1S/C15H20N4O4/c1-18(2)10-4-9-16-14(20)13-15(21)23-17-19(13)11-5-7-12(22-3)8-6-11/h5-8H,4,9-10H2,1-3H3,(H-,16,17,20,21)/p+1. The van der Waals surface area contributed by atoms with Crippen LogP contribution < -0.4 is 20.4 Å². The van der Waals surface area contributed by atoms with Gasteiger partial charge in [0.25, 0.3) is 0 Å². The molecule has 0 spiro atoms. The number of amides is 1. The number of hydrogen-bond donors (Lipinski definition) is 2. The smallest absolute Gasteiger partial charge is 0.441 e. The summed E-state index contributed by atoms with van der Waals surface area (Å²) in [7, 11) is 5.48. The number of rotatable bonds is 7. The third-order valence-corrected chi connectivity index (χ3v) is 3.26. The van der Waals surface area contributed by atoms with Crippen LogP contribution in [0.5, 0.6) is 5.75 Å². The van der Waals surface area contributed by atoms with Crippen LogP contribution in [0, 0.1) is 0 Å². The largest absolute Gasteiger partial charge is 0.497 e. The van der Waals surface area contributed by atoms with Gasteiger partial charge in [-0.05, 0) is 49.1 Å². The molecule has 8 nitrogen and oxygen atoms in total. The molecule has 0 fully saturated rings. The molecule has 2 N–H and O–H groups in total. The maximum Gasteiger partial charge on any atom is 0.441 e. The predicted molar refractivity (Wildman–Crippen MR) is 82.9 cm³/mol. The van der Waals surface area contributed by atoms with Gasteiger partial charge in [-0.3, -0.25) is 9.32 Å². The summed E-state index contributed by atoms with van der Waals surface area (Å²) in [6.45, 7) is 1.32. The number of nitrogens with zero attached hydrogens (tertiary/aromatic N) is 2. The van der Waals surface area contributed by atoms with Crippen LogP contribution in [0.2, 0.25) is 0 Å². The first kappa shape index (κ1) is 16.8. The lowest BCUT2D eigenvalue weighted by Crippen LogP contribution is -2.45. The molecule has 2 aromatic rings. The molecule has 0 bridgehead atoms. The van der Waals surface area contributed by atoms with Crippen LogP contribution in [-0.4, -0.2) is 50.4 Å². The summed E-state index contributed by atoms with van der Waals surface area (Å²) in [6.07, 6.45) is 0.789. The number of ether oxygens (including phenoxy) is 1.